The largest absolute Gasteiger partial charge is 0.388 e. The van der Waals surface area contributed by atoms with Crippen LogP contribution in [0.4, 0.5) is 0 Å². The standard InChI is InChI=1S/C23H41N5O6/c1-12(2)10-17(22(32)26-16-7-9-34-15(5)20(16)30)27-21(31)14(4)28-13(3)11-18(23(28)33)25-19(29)6-8-24/h12-18,20,30H,6-11,24H2,1-5H3,(H,25,29)(H,26,32)(H,27,31). The fourth-order valence-corrected chi connectivity index (χ4v) is 4.58. The van der Waals surface area contributed by atoms with E-state index in [-0.39, 0.29) is 42.6 Å². The highest BCUT2D eigenvalue weighted by molar-refractivity contribution is 5.95. The molecule has 2 heterocycles. The summed E-state index contributed by atoms with van der Waals surface area (Å²) in [6, 6.07) is -3.05. The van der Waals surface area contributed by atoms with E-state index in [9.17, 15) is 24.3 Å². The summed E-state index contributed by atoms with van der Waals surface area (Å²) in [5, 5.41) is 18.7. The smallest absolute Gasteiger partial charge is 0.246 e. The summed E-state index contributed by atoms with van der Waals surface area (Å²) in [7, 11) is 0. The second kappa shape index (κ2) is 12.5. The second-order valence-electron chi connectivity index (χ2n) is 9.83. The predicted molar refractivity (Wildman–Crippen MR) is 125 cm³/mol. The van der Waals surface area contributed by atoms with Gasteiger partial charge in [0.1, 0.15) is 24.2 Å². The molecule has 11 nitrogen and oxygen atoms in total. The van der Waals surface area contributed by atoms with Gasteiger partial charge in [0.15, 0.2) is 0 Å². The molecule has 0 aromatic carbocycles. The third kappa shape index (κ3) is 7.13. The van der Waals surface area contributed by atoms with Gasteiger partial charge in [0, 0.05) is 25.6 Å². The number of hydrogen-bond donors (Lipinski definition) is 5. The molecule has 2 rings (SSSR count). The number of likely N-dealkylation sites (tertiary alicyclic amines) is 1. The Morgan fingerprint density at radius 3 is 2.47 bits per heavy atom. The molecule has 7 atom stereocenters. The highest BCUT2D eigenvalue weighted by atomic mass is 16.5. The van der Waals surface area contributed by atoms with Crippen LogP contribution in [0.15, 0.2) is 0 Å². The van der Waals surface area contributed by atoms with E-state index in [1.165, 1.54) is 4.90 Å². The molecule has 0 aliphatic carbocycles. The van der Waals surface area contributed by atoms with E-state index in [1.807, 2.05) is 20.8 Å². The minimum Gasteiger partial charge on any atom is -0.388 e. The molecule has 0 bridgehead atoms. The molecule has 11 heteroatoms. The monoisotopic (exact) mass is 483 g/mol. The third-order valence-electron chi connectivity index (χ3n) is 6.48. The average molecular weight is 484 g/mol. The number of nitrogens with two attached hydrogens (primary N) is 1. The third-order valence-corrected chi connectivity index (χ3v) is 6.48. The molecule has 0 aromatic heterocycles. The van der Waals surface area contributed by atoms with Gasteiger partial charge < -0.3 is 36.4 Å². The van der Waals surface area contributed by atoms with Gasteiger partial charge in [0.25, 0.3) is 0 Å². The summed E-state index contributed by atoms with van der Waals surface area (Å²) in [4.78, 5) is 52.4. The summed E-state index contributed by atoms with van der Waals surface area (Å²) in [5.74, 6) is -1.33. The number of hydrogen-bond acceptors (Lipinski definition) is 7. The zero-order chi connectivity index (χ0) is 25.6. The van der Waals surface area contributed by atoms with Crippen molar-refractivity contribution < 1.29 is 29.0 Å². The number of rotatable bonds is 10. The number of aliphatic hydroxyl groups excluding tert-OH is 1. The van der Waals surface area contributed by atoms with E-state index < -0.39 is 42.3 Å². The Bertz CT molecular complexity index is 747. The maximum atomic E-state index is 13.1. The lowest BCUT2D eigenvalue weighted by atomic mass is 9.98. The number of amides is 4. The van der Waals surface area contributed by atoms with Crippen molar-refractivity contribution in [2.75, 3.05) is 13.2 Å². The first-order chi connectivity index (χ1) is 16.0. The van der Waals surface area contributed by atoms with Gasteiger partial charge in [0.05, 0.1) is 12.1 Å². The fraction of sp³-hybridized carbons (Fsp3) is 0.826. The molecule has 2 saturated heterocycles. The van der Waals surface area contributed by atoms with E-state index in [0.717, 1.165) is 0 Å². The van der Waals surface area contributed by atoms with Crippen molar-refractivity contribution in [2.24, 2.45) is 11.7 Å². The Labute approximate surface area is 201 Å². The van der Waals surface area contributed by atoms with Gasteiger partial charge in [-0.05, 0) is 46.0 Å². The zero-order valence-corrected chi connectivity index (χ0v) is 20.9. The Balaban J connectivity index is 2.04. The first kappa shape index (κ1) is 28.0. The molecule has 2 fully saturated rings. The lowest BCUT2D eigenvalue weighted by molar-refractivity contribution is -0.141. The number of carbonyl (C=O) groups excluding carboxylic acids is 4. The van der Waals surface area contributed by atoms with Crippen molar-refractivity contribution in [1.29, 1.82) is 0 Å². The van der Waals surface area contributed by atoms with E-state index in [1.54, 1.807) is 13.8 Å². The predicted octanol–water partition coefficient (Wildman–Crippen LogP) is -0.985. The van der Waals surface area contributed by atoms with E-state index in [4.69, 9.17) is 10.5 Å². The van der Waals surface area contributed by atoms with Crippen LogP contribution in [0.1, 0.15) is 60.3 Å². The van der Waals surface area contributed by atoms with Crippen LogP contribution in [0.2, 0.25) is 0 Å². The molecule has 34 heavy (non-hydrogen) atoms. The van der Waals surface area contributed by atoms with Gasteiger partial charge in [-0.1, -0.05) is 13.8 Å². The Hall–Kier alpha value is -2.24. The van der Waals surface area contributed by atoms with Crippen molar-refractivity contribution in [1.82, 2.24) is 20.9 Å². The highest BCUT2D eigenvalue weighted by Gasteiger charge is 2.43. The van der Waals surface area contributed by atoms with Crippen molar-refractivity contribution in [2.45, 2.75) is 103 Å². The van der Waals surface area contributed by atoms with Crippen molar-refractivity contribution >= 4 is 23.6 Å². The molecule has 7 unspecified atom stereocenters. The molecule has 0 saturated carbocycles. The highest BCUT2D eigenvalue weighted by Crippen LogP contribution is 2.22. The normalized spacial score (nSPS) is 29.0. The molecular weight excluding hydrogens is 442 g/mol. The Kier molecular flexibility index (Phi) is 10.3. The summed E-state index contributed by atoms with van der Waals surface area (Å²) in [6.07, 6.45) is 0.177. The molecule has 0 radical (unpaired) electrons. The average Bonchev–Trinajstić information content (AvgIpc) is 3.02. The summed E-state index contributed by atoms with van der Waals surface area (Å²) >= 11 is 0. The molecule has 2 aliphatic rings. The minimum absolute atomic E-state index is 0.124. The molecule has 194 valence electrons. The zero-order valence-electron chi connectivity index (χ0n) is 20.9. The number of ether oxygens (including phenoxy) is 1. The molecule has 4 amide bonds. The second-order valence-corrected chi connectivity index (χ2v) is 9.83. The quantitative estimate of drug-likeness (QED) is 0.266. The van der Waals surface area contributed by atoms with Crippen molar-refractivity contribution in [3.05, 3.63) is 0 Å². The number of aliphatic hydroxyl groups is 1. The first-order valence-electron chi connectivity index (χ1n) is 12.2. The first-order valence-corrected chi connectivity index (χ1v) is 12.2. The van der Waals surface area contributed by atoms with Crippen LogP contribution < -0.4 is 21.7 Å². The molecule has 6 N–H and O–H groups in total. The lowest BCUT2D eigenvalue weighted by Crippen LogP contribution is -2.59. The number of nitrogens with zero attached hydrogens (tertiary/aromatic N) is 1. The van der Waals surface area contributed by atoms with E-state index in [2.05, 4.69) is 16.0 Å². The maximum Gasteiger partial charge on any atom is 0.246 e. The molecule has 0 spiro atoms. The van der Waals surface area contributed by atoms with Crippen molar-refractivity contribution in [3.8, 4) is 0 Å². The summed E-state index contributed by atoms with van der Waals surface area (Å²) < 4.78 is 5.41. The topological polar surface area (TPSA) is 163 Å². The van der Waals surface area contributed by atoms with Gasteiger partial charge in [-0.2, -0.15) is 0 Å². The van der Waals surface area contributed by atoms with E-state index >= 15 is 0 Å². The van der Waals surface area contributed by atoms with Gasteiger partial charge in [0.2, 0.25) is 23.6 Å². The summed E-state index contributed by atoms with van der Waals surface area (Å²) in [6.45, 7) is 9.69. The fourth-order valence-electron chi connectivity index (χ4n) is 4.58. The van der Waals surface area contributed by atoms with Crippen LogP contribution in [-0.4, -0.2) is 89.2 Å². The van der Waals surface area contributed by atoms with Gasteiger partial charge >= 0.3 is 0 Å². The molecule has 2 aliphatic heterocycles. The van der Waals surface area contributed by atoms with Crippen molar-refractivity contribution in [3.63, 3.8) is 0 Å². The number of carbonyl (C=O) groups is 4. The number of nitrogens with one attached hydrogen (secondary N) is 3. The van der Waals surface area contributed by atoms with Gasteiger partial charge in [-0.25, -0.2) is 0 Å². The van der Waals surface area contributed by atoms with Crippen LogP contribution >= 0.6 is 0 Å². The lowest BCUT2D eigenvalue weighted by Gasteiger charge is -2.35. The Morgan fingerprint density at radius 2 is 1.85 bits per heavy atom. The SMILES string of the molecule is CC(C)CC(NC(=O)C(C)N1C(=O)C(NC(=O)CCN)CC1C)C(=O)NC1CCOC(C)C1O. The van der Waals surface area contributed by atoms with E-state index in [0.29, 0.717) is 25.9 Å². The van der Waals surface area contributed by atoms with Crippen LogP contribution in [0.3, 0.4) is 0 Å². The van der Waals surface area contributed by atoms with Crippen LogP contribution in [0.5, 0.6) is 0 Å². The maximum absolute atomic E-state index is 13.1. The van der Waals surface area contributed by atoms with Crippen LogP contribution in [0.25, 0.3) is 0 Å². The minimum atomic E-state index is -0.832. The Morgan fingerprint density at radius 1 is 1.18 bits per heavy atom. The van der Waals surface area contributed by atoms with Crippen LogP contribution in [0, 0.1) is 5.92 Å². The van der Waals surface area contributed by atoms with Crippen LogP contribution in [-0.2, 0) is 23.9 Å². The molecule has 0 aromatic rings. The van der Waals surface area contributed by atoms with Gasteiger partial charge in [-0.3, -0.25) is 19.2 Å². The summed E-state index contributed by atoms with van der Waals surface area (Å²) in [5.41, 5.74) is 5.40. The molecular formula is C23H41N5O6. The van der Waals surface area contributed by atoms with Gasteiger partial charge in [-0.15, -0.1) is 0 Å².